The van der Waals surface area contributed by atoms with E-state index in [9.17, 15) is 18.0 Å². The maximum atomic E-state index is 13.5. The predicted molar refractivity (Wildman–Crippen MR) is 85.5 cm³/mol. The SMILES string of the molecule is CN1C(=O)c2ccc(F)cc2O[C@H]2CN(C3CCC(F)(F)CC3)C[C@H]21. The Morgan fingerprint density at radius 1 is 1.20 bits per heavy atom. The van der Waals surface area contributed by atoms with Crippen LogP contribution >= 0.6 is 0 Å². The quantitative estimate of drug-likeness (QED) is 0.777. The summed E-state index contributed by atoms with van der Waals surface area (Å²) in [5, 5.41) is 0. The number of likely N-dealkylation sites (N-methyl/N-ethyl adjacent to an activating group) is 1. The minimum atomic E-state index is -2.56. The van der Waals surface area contributed by atoms with Gasteiger partial charge in [0.2, 0.25) is 5.92 Å². The first-order valence-electron chi connectivity index (χ1n) is 8.69. The molecule has 7 heteroatoms. The average molecular weight is 354 g/mol. The summed E-state index contributed by atoms with van der Waals surface area (Å²) in [7, 11) is 1.72. The number of amides is 1. The average Bonchev–Trinajstić information content (AvgIpc) is 2.94. The standard InChI is InChI=1S/C18H21F3N2O2/c1-22-14-9-23(12-4-6-18(20,21)7-5-12)10-16(14)25-15-8-11(19)2-3-13(15)17(22)24/h2-3,8,12,14,16H,4-7,9-10H2,1H3/t14-,16+/m1/s1. The summed E-state index contributed by atoms with van der Waals surface area (Å²) < 4.78 is 46.3. The highest BCUT2D eigenvalue weighted by atomic mass is 19.3. The minimum absolute atomic E-state index is 0.0885. The van der Waals surface area contributed by atoms with Crippen molar-refractivity contribution >= 4 is 5.91 Å². The van der Waals surface area contributed by atoms with Gasteiger partial charge >= 0.3 is 0 Å². The highest BCUT2D eigenvalue weighted by Gasteiger charge is 2.46. The summed E-state index contributed by atoms with van der Waals surface area (Å²) >= 11 is 0. The van der Waals surface area contributed by atoms with Gasteiger partial charge in [-0.15, -0.1) is 0 Å². The lowest BCUT2D eigenvalue weighted by atomic mass is 9.91. The normalized spacial score (nSPS) is 29.8. The van der Waals surface area contributed by atoms with Gasteiger partial charge in [-0.2, -0.15) is 0 Å². The van der Waals surface area contributed by atoms with Crippen LogP contribution in [0.15, 0.2) is 18.2 Å². The first-order chi connectivity index (χ1) is 11.8. The largest absolute Gasteiger partial charge is 0.486 e. The molecule has 1 amide bonds. The Balaban J connectivity index is 1.54. The molecule has 4 nitrogen and oxygen atoms in total. The van der Waals surface area contributed by atoms with Crippen LogP contribution in [0.3, 0.4) is 0 Å². The molecule has 2 aliphatic heterocycles. The molecule has 0 radical (unpaired) electrons. The maximum Gasteiger partial charge on any atom is 0.257 e. The highest BCUT2D eigenvalue weighted by molar-refractivity contribution is 5.97. The van der Waals surface area contributed by atoms with Crippen molar-refractivity contribution in [1.82, 2.24) is 9.80 Å². The molecule has 2 heterocycles. The third-order valence-electron chi connectivity index (χ3n) is 5.74. The van der Waals surface area contributed by atoms with Crippen LogP contribution in [0.25, 0.3) is 0 Å². The van der Waals surface area contributed by atoms with E-state index < -0.39 is 11.7 Å². The van der Waals surface area contributed by atoms with E-state index in [-0.39, 0.29) is 42.7 Å². The molecule has 4 rings (SSSR count). The van der Waals surface area contributed by atoms with E-state index in [0.29, 0.717) is 31.5 Å². The first kappa shape index (κ1) is 16.7. The monoisotopic (exact) mass is 354 g/mol. The molecular formula is C18H21F3N2O2. The summed E-state index contributed by atoms with van der Waals surface area (Å²) in [6.07, 6.45) is 0.449. The summed E-state index contributed by atoms with van der Waals surface area (Å²) in [6.45, 7) is 1.16. The van der Waals surface area contributed by atoms with E-state index >= 15 is 0 Å². The van der Waals surface area contributed by atoms with E-state index in [4.69, 9.17) is 4.74 Å². The Bertz CT molecular complexity index is 687. The van der Waals surface area contributed by atoms with Crippen molar-refractivity contribution < 1.29 is 22.7 Å². The van der Waals surface area contributed by atoms with E-state index in [1.54, 1.807) is 11.9 Å². The van der Waals surface area contributed by atoms with Gasteiger partial charge < -0.3 is 9.64 Å². The second kappa shape index (κ2) is 5.90. The number of carbonyl (C=O) groups excluding carboxylic acids is 1. The number of rotatable bonds is 1. The number of hydrogen-bond acceptors (Lipinski definition) is 3. The number of likely N-dealkylation sites (tertiary alicyclic amines) is 1. The summed E-state index contributed by atoms with van der Waals surface area (Å²) in [4.78, 5) is 16.5. The zero-order valence-corrected chi connectivity index (χ0v) is 14.1. The van der Waals surface area contributed by atoms with Crippen LogP contribution in [0, 0.1) is 5.82 Å². The van der Waals surface area contributed by atoms with Gasteiger partial charge in [0.1, 0.15) is 17.7 Å². The summed E-state index contributed by atoms with van der Waals surface area (Å²) in [5.41, 5.74) is 0.363. The molecule has 0 aromatic heterocycles. The van der Waals surface area contributed by atoms with Gasteiger partial charge in [0, 0.05) is 45.1 Å². The molecule has 1 saturated carbocycles. The summed E-state index contributed by atoms with van der Waals surface area (Å²) in [6, 6.07) is 3.87. The Hall–Kier alpha value is -1.76. The van der Waals surface area contributed by atoms with Crippen LogP contribution in [0.4, 0.5) is 13.2 Å². The molecule has 136 valence electrons. The van der Waals surface area contributed by atoms with Crippen LogP contribution < -0.4 is 4.74 Å². The number of hydrogen-bond donors (Lipinski definition) is 0. The number of benzene rings is 1. The molecule has 0 spiro atoms. The van der Waals surface area contributed by atoms with Crippen LogP contribution in [-0.2, 0) is 0 Å². The van der Waals surface area contributed by atoms with Gasteiger partial charge in [-0.3, -0.25) is 9.69 Å². The highest BCUT2D eigenvalue weighted by Crippen LogP contribution is 2.38. The molecule has 3 aliphatic rings. The Morgan fingerprint density at radius 2 is 1.92 bits per heavy atom. The van der Waals surface area contributed by atoms with Gasteiger partial charge in [0.25, 0.3) is 5.91 Å². The second-order valence-corrected chi connectivity index (χ2v) is 7.32. The van der Waals surface area contributed by atoms with Crippen LogP contribution in [-0.4, -0.2) is 60.0 Å². The first-order valence-corrected chi connectivity index (χ1v) is 8.69. The molecule has 25 heavy (non-hydrogen) atoms. The number of halogens is 3. The number of nitrogens with zero attached hydrogens (tertiary/aromatic N) is 2. The zero-order chi connectivity index (χ0) is 17.8. The molecule has 2 fully saturated rings. The topological polar surface area (TPSA) is 32.8 Å². The molecule has 1 aromatic rings. The number of alkyl halides is 2. The fourth-order valence-electron chi connectivity index (χ4n) is 4.24. The lowest BCUT2D eigenvalue weighted by Gasteiger charge is -2.34. The van der Waals surface area contributed by atoms with Crippen molar-refractivity contribution in [3.05, 3.63) is 29.6 Å². The van der Waals surface area contributed by atoms with Gasteiger partial charge in [-0.1, -0.05) is 0 Å². The molecule has 0 N–H and O–H groups in total. The molecule has 0 bridgehead atoms. The van der Waals surface area contributed by atoms with Crippen molar-refractivity contribution in [2.24, 2.45) is 0 Å². The number of ether oxygens (including phenoxy) is 1. The van der Waals surface area contributed by atoms with E-state index in [0.717, 1.165) is 0 Å². The van der Waals surface area contributed by atoms with Crippen molar-refractivity contribution in [2.75, 3.05) is 20.1 Å². The third-order valence-corrected chi connectivity index (χ3v) is 5.74. The Labute approximate surface area is 144 Å². The second-order valence-electron chi connectivity index (χ2n) is 7.32. The molecular weight excluding hydrogens is 333 g/mol. The van der Waals surface area contributed by atoms with Gasteiger partial charge in [-0.05, 0) is 25.0 Å². The van der Waals surface area contributed by atoms with Gasteiger partial charge in [-0.25, -0.2) is 13.2 Å². The van der Waals surface area contributed by atoms with E-state index in [1.807, 2.05) is 0 Å². The van der Waals surface area contributed by atoms with Crippen molar-refractivity contribution in [2.45, 2.75) is 49.8 Å². The zero-order valence-electron chi connectivity index (χ0n) is 14.1. The fraction of sp³-hybridized carbons (Fsp3) is 0.611. The van der Waals surface area contributed by atoms with Crippen LogP contribution in [0.1, 0.15) is 36.0 Å². The summed E-state index contributed by atoms with van der Waals surface area (Å²) in [5.74, 6) is -2.93. The lowest BCUT2D eigenvalue weighted by molar-refractivity contribution is -0.0523. The third kappa shape index (κ3) is 2.99. The van der Waals surface area contributed by atoms with Crippen LogP contribution in [0.2, 0.25) is 0 Å². The molecule has 1 saturated heterocycles. The minimum Gasteiger partial charge on any atom is -0.486 e. The van der Waals surface area contributed by atoms with E-state index in [1.165, 1.54) is 18.2 Å². The molecule has 1 aromatic carbocycles. The van der Waals surface area contributed by atoms with Crippen LogP contribution in [0.5, 0.6) is 5.75 Å². The number of fused-ring (bicyclic) bond motifs is 2. The Morgan fingerprint density at radius 3 is 2.64 bits per heavy atom. The van der Waals surface area contributed by atoms with E-state index in [2.05, 4.69) is 4.90 Å². The predicted octanol–water partition coefficient (Wildman–Crippen LogP) is 2.92. The van der Waals surface area contributed by atoms with Gasteiger partial charge in [0.05, 0.1) is 11.6 Å². The molecule has 0 unspecified atom stereocenters. The number of carbonyl (C=O) groups is 1. The molecule has 1 aliphatic carbocycles. The Kier molecular flexibility index (Phi) is 3.94. The van der Waals surface area contributed by atoms with Crippen molar-refractivity contribution in [3.63, 3.8) is 0 Å². The van der Waals surface area contributed by atoms with Crippen molar-refractivity contribution in [1.29, 1.82) is 0 Å². The fourth-order valence-corrected chi connectivity index (χ4v) is 4.24. The van der Waals surface area contributed by atoms with Crippen molar-refractivity contribution in [3.8, 4) is 5.75 Å². The van der Waals surface area contributed by atoms with Gasteiger partial charge in [0.15, 0.2) is 0 Å². The molecule has 2 atom stereocenters. The smallest absolute Gasteiger partial charge is 0.257 e. The maximum absolute atomic E-state index is 13.5. The lowest BCUT2D eigenvalue weighted by Crippen LogP contribution is -2.44.